The monoisotopic (exact) mass is 339 g/mol. The number of benzene rings is 1. The second-order valence-corrected chi connectivity index (χ2v) is 6.12. The molecule has 0 spiro atoms. The summed E-state index contributed by atoms with van der Waals surface area (Å²) in [6.07, 6.45) is 5.85. The normalized spacial score (nSPS) is 15.6. The molecule has 4 rings (SSSR count). The number of nitrogens with zero attached hydrogens (tertiary/aromatic N) is 5. The summed E-state index contributed by atoms with van der Waals surface area (Å²) >= 11 is 0. The standard InChI is InChI=1S/C17H18FN7/c1-10(19)14-6-16-17(11-7-22-23(2)8-11)21-9-24(16)13-4-3-12(18)5-15(13)25(14)20/h3-5,7-9H,6,19-20H2,1-2H3/b14-10-. The summed E-state index contributed by atoms with van der Waals surface area (Å²) in [6.45, 7) is 1.78. The third-order valence-electron chi connectivity index (χ3n) is 4.38. The largest absolute Gasteiger partial charge is 0.401 e. The van der Waals surface area contributed by atoms with Crippen LogP contribution in [0.1, 0.15) is 12.6 Å². The van der Waals surface area contributed by atoms with Gasteiger partial charge in [0.05, 0.1) is 34.7 Å². The minimum absolute atomic E-state index is 0.362. The van der Waals surface area contributed by atoms with E-state index in [9.17, 15) is 4.39 Å². The average Bonchev–Trinajstić information content (AvgIpc) is 3.15. The molecule has 3 heterocycles. The molecule has 4 N–H and O–H groups in total. The summed E-state index contributed by atoms with van der Waals surface area (Å²) in [5, 5.41) is 5.67. The van der Waals surface area contributed by atoms with Crippen LogP contribution in [0.2, 0.25) is 0 Å². The molecular formula is C17H18FN7. The van der Waals surface area contributed by atoms with E-state index in [-0.39, 0.29) is 5.82 Å². The molecule has 2 aromatic heterocycles. The van der Waals surface area contributed by atoms with Crippen LogP contribution in [0.5, 0.6) is 0 Å². The van der Waals surface area contributed by atoms with Crippen molar-refractivity contribution in [1.82, 2.24) is 19.3 Å². The lowest BCUT2D eigenvalue weighted by Gasteiger charge is -2.22. The topological polar surface area (TPSA) is 90.9 Å². The smallest absolute Gasteiger partial charge is 0.125 e. The number of halogens is 1. The first-order valence-electron chi connectivity index (χ1n) is 7.81. The van der Waals surface area contributed by atoms with Crippen LogP contribution < -0.4 is 16.6 Å². The summed E-state index contributed by atoms with van der Waals surface area (Å²) in [7, 11) is 1.85. The van der Waals surface area contributed by atoms with E-state index < -0.39 is 0 Å². The van der Waals surface area contributed by atoms with Crippen molar-refractivity contribution in [2.75, 3.05) is 5.01 Å². The highest BCUT2D eigenvalue weighted by Crippen LogP contribution is 2.36. The lowest BCUT2D eigenvalue weighted by atomic mass is 10.1. The second kappa shape index (κ2) is 5.45. The average molecular weight is 339 g/mol. The van der Waals surface area contributed by atoms with Gasteiger partial charge in [-0.25, -0.2) is 15.2 Å². The molecule has 7 nitrogen and oxygen atoms in total. The van der Waals surface area contributed by atoms with Gasteiger partial charge in [0.15, 0.2) is 0 Å². The Kier molecular flexibility index (Phi) is 3.36. The maximum Gasteiger partial charge on any atom is 0.125 e. The second-order valence-electron chi connectivity index (χ2n) is 6.12. The zero-order valence-electron chi connectivity index (χ0n) is 13.9. The van der Waals surface area contributed by atoms with Gasteiger partial charge in [0.2, 0.25) is 0 Å². The molecule has 0 saturated carbocycles. The molecule has 1 aliphatic heterocycles. The van der Waals surface area contributed by atoms with Gasteiger partial charge in [0, 0.05) is 37.0 Å². The van der Waals surface area contributed by atoms with E-state index >= 15 is 0 Å². The molecule has 0 fully saturated rings. The number of rotatable bonds is 1. The van der Waals surface area contributed by atoms with Crippen LogP contribution >= 0.6 is 0 Å². The highest BCUT2D eigenvalue weighted by atomic mass is 19.1. The quantitative estimate of drug-likeness (QED) is 0.660. The summed E-state index contributed by atoms with van der Waals surface area (Å²) in [5.74, 6) is 5.91. The Morgan fingerprint density at radius 2 is 2.08 bits per heavy atom. The molecule has 1 aliphatic rings. The highest BCUT2D eigenvalue weighted by molar-refractivity contribution is 5.71. The van der Waals surface area contributed by atoms with Crippen molar-refractivity contribution in [3.05, 3.63) is 59.8 Å². The summed E-state index contributed by atoms with van der Waals surface area (Å²) in [6, 6.07) is 4.50. The van der Waals surface area contributed by atoms with Crippen molar-refractivity contribution in [2.24, 2.45) is 18.6 Å². The Morgan fingerprint density at radius 1 is 1.28 bits per heavy atom. The zero-order chi connectivity index (χ0) is 17.7. The molecule has 0 atom stereocenters. The minimum Gasteiger partial charge on any atom is -0.401 e. The Bertz CT molecular complexity index is 994. The van der Waals surface area contributed by atoms with Gasteiger partial charge in [0.25, 0.3) is 0 Å². The van der Waals surface area contributed by atoms with Gasteiger partial charge in [-0.2, -0.15) is 5.10 Å². The molecule has 3 aromatic rings. The zero-order valence-corrected chi connectivity index (χ0v) is 13.9. The van der Waals surface area contributed by atoms with E-state index in [1.807, 2.05) is 17.8 Å². The first-order chi connectivity index (χ1) is 12.0. The van der Waals surface area contributed by atoms with Gasteiger partial charge >= 0.3 is 0 Å². The fourth-order valence-electron chi connectivity index (χ4n) is 3.15. The van der Waals surface area contributed by atoms with Crippen molar-refractivity contribution < 1.29 is 4.39 Å². The number of hydrogen-bond acceptors (Lipinski definition) is 5. The van der Waals surface area contributed by atoms with Gasteiger partial charge in [-0.1, -0.05) is 0 Å². The maximum absolute atomic E-state index is 13.8. The minimum atomic E-state index is -0.362. The number of fused-ring (bicyclic) bond motifs is 3. The van der Waals surface area contributed by atoms with E-state index in [0.29, 0.717) is 23.5 Å². The van der Waals surface area contributed by atoms with Crippen molar-refractivity contribution in [1.29, 1.82) is 0 Å². The van der Waals surface area contributed by atoms with Gasteiger partial charge < -0.3 is 10.3 Å². The number of aromatic nitrogens is 4. The number of allylic oxidation sites excluding steroid dienone is 2. The lowest BCUT2D eigenvalue weighted by molar-refractivity contribution is 0.627. The van der Waals surface area contributed by atoms with Gasteiger partial charge in [-0.3, -0.25) is 9.69 Å². The third-order valence-corrected chi connectivity index (χ3v) is 4.38. The van der Waals surface area contributed by atoms with Gasteiger partial charge in [0.1, 0.15) is 12.1 Å². The predicted octanol–water partition coefficient (Wildman–Crippen LogP) is 1.84. The Morgan fingerprint density at radius 3 is 2.76 bits per heavy atom. The fraction of sp³-hybridized carbons (Fsp3) is 0.176. The molecule has 25 heavy (non-hydrogen) atoms. The van der Waals surface area contributed by atoms with Crippen molar-refractivity contribution in [3.8, 4) is 16.9 Å². The van der Waals surface area contributed by atoms with E-state index in [2.05, 4.69) is 10.1 Å². The van der Waals surface area contributed by atoms with Crippen LogP contribution in [-0.2, 0) is 13.5 Å². The fourth-order valence-corrected chi connectivity index (χ4v) is 3.15. The van der Waals surface area contributed by atoms with Crippen LogP contribution in [0.4, 0.5) is 10.1 Å². The molecule has 0 saturated heterocycles. The van der Waals surface area contributed by atoms with Crippen molar-refractivity contribution >= 4 is 5.69 Å². The van der Waals surface area contributed by atoms with E-state index in [4.69, 9.17) is 11.6 Å². The van der Waals surface area contributed by atoms with Crippen LogP contribution in [0, 0.1) is 5.82 Å². The van der Waals surface area contributed by atoms with Gasteiger partial charge in [-0.05, 0) is 19.1 Å². The van der Waals surface area contributed by atoms with Crippen LogP contribution in [-0.4, -0.2) is 19.3 Å². The number of hydrazine groups is 1. The molecule has 0 aliphatic carbocycles. The number of aryl methyl sites for hydroxylation is 1. The number of nitrogens with two attached hydrogens (primary N) is 2. The predicted molar refractivity (Wildman–Crippen MR) is 93.0 cm³/mol. The maximum atomic E-state index is 13.8. The Hall–Kier alpha value is -3.13. The number of imidazole rings is 1. The molecular weight excluding hydrogens is 321 g/mol. The molecule has 128 valence electrons. The lowest BCUT2D eigenvalue weighted by Crippen LogP contribution is -2.32. The molecule has 0 amide bonds. The van der Waals surface area contributed by atoms with Gasteiger partial charge in [-0.15, -0.1) is 0 Å². The molecule has 0 radical (unpaired) electrons. The number of anilines is 1. The summed E-state index contributed by atoms with van der Waals surface area (Å²) in [4.78, 5) is 4.56. The first kappa shape index (κ1) is 15.4. The van der Waals surface area contributed by atoms with Crippen LogP contribution in [0.15, 0.2) is 48.3 Å². The first-order valence-corrected chi connectivity index (χ1v) is 7.81. The van der Waals surface area contributed by atoms with Crippen LogP contribution in [0.3, 0.4) is 0 Å². The third kappa shape index (κ3) is 2.38. The summed E-state index contributed by atoms with van der Waals surface area (Å²) < 4.78 is 17.5. The van der Waals surface area contributed by atoms with Crippen molar-refractivity contribution in [2.45, 2.75) is 13.3 Å². The Labute approximate surface area is 143 Å². The van der Waals surface area contributed by atoms with E-state index in [1.54, 1.807) is 30.2 Å². The SMILES string of the molecule is C/C(N)=C1\Cc2c(-c3cnn(C)c3)ncn2-c2ccc(F)cc2N1N. The molecule has 1 aromatic carbocycles. The highest BCUT2D eigenvalue weighted by Gasteiger charge is 2.26. The van der Waals surface area contributed by atoms with Crippen molar-refractivity contribution in [3.63, 3.8) is 0 Å². The van der Waals surface area contributed by atoms with E-state index in [0.717, 1.165) is 22.6 Å². The molecule has 0 bridgehead atoms. The van der Waals surface area contributed by atoms with E-state index in [1.165, 1.54) is 17.1 Å². The Balaban J connectivity index is 2.00. The molecule has 8 heteroatoms. The number of hydrogen-bond donors (Lipinski definition) is 2. The molecule has 0 unspecified atom stereocenters. The summed E-state index contributed by atoms with van der Waals surface area (Å²) in [5.41, 5.74) is 11.3. The van der Waals surface area contributed by atoms with Crippen LogP contribution in [0.25, 0.3) is 16.9 Å².